The zero-order chi connectivity index (χ0) is 12.2. The molecule has 0 aromatic heterocycles. The van der Waals surface area contributed by atoms with Crippen LogP contribution in [0.5, 0.6) is 0 Å². The number of likely N-dealkylation sites (tertiary alicyclic amines) is 1. The van der Waals surface area contributed by atoms with E-state index in [1.54, 1.807) is 0 Å². The summed E-state index contributed by atoms with van der Waals surface area (Å²) in [6, 6.07) is 0. The SMILES string of the molecule is CCC(CC)(CN1CCC(C)CC1)C(=O)O. The van der Waals surface area contributed by atoms with Crippen LogP contribution < -0.4 is 0 Å². The van der Waals surface area contributed by atoms with Crippen LogP contribution >= 0.6 is 0 Å². The van der Waals surface area contributed by atoms with Gasteiger partial charge in [0.1, 0.15) is 0 Å². The minimum absolute atomic E-state index is 0.527. The monoisotopic (exact) mass is 227 g/mol. The van der Waals surface area contributed by atoms with Crippen molar-refractivity contribution in [2.24, 2.45) is 11.3 Å². The van der Waals surface area contributed by atoms with E-state index in [0.717, 1.165) is 38.4 Å². The number of aliphatic carboxylic acids is 1. The first-order valence-corrected chi connectivity index (χ1v) is 6.50. The summed E-state index contributed by atoms with van der Waals surface area (Å²) in [5.41, 5.74) is -0.527. The quantitative estimate of drug-likeness (QED) is 0.785. The normalized spacial score (nSPS) is 19.9. The molecule has 3 nitrogen and oxygen atoms in total. The second-order valence-corrected chi connectivity index (χ2v) is 5.25. The van der Waals surface area contributed by atoms with Gasteiger partial charge in [-0.05, 0) is 44.7 Å². The fraction of sp³-hybridized carbons (Fsp3) is 0.923. The van der Waals surface area contributed by atoms with Gasteiger partial charge in [0.25, 0.3) is 0 Å². The molecule has 94 valence electrons. The number of rotatable bonds is 5. The van der Waals surface area contributed by atoms with Gasteiger partial charge in [0.2, 0.25) is 0 Å². The lowest BCUT2D eigenvalue weighted by Gasteiger charge is -2.37. The van der Waals surface area contributed by atoms with Crippen molar-refractivity contribution >= 4 is 5.97 Å². The minimum atomic E-state index is -0.629. The van der Waals surface area contributed by atoms with Gasteiger partial charge < -0.3 is 10.0 Å². The van der Waals surface area contributed by atoms with E-state index >= 15 is 0 Å². The van der Waals surface area contributed by atoms with Gasteiger partial charge in [0.15, 0.2) is 0 Å². The molecule has 1 saturated heterocycles. The lowest BCUT2D eigenvalue weighted by Crippen LogP contribution is -2.45. The van der Waals surface area contributed by atoms with Crippen LogP contribution in [0, 0.1) is 11.3 Å². The Labute approximate surface area is 98.8 Å². The second-order valence-electron chi connectivity index (χ2n) is 5.25. The number of carboxylic acids is 1. The molecule has 0 radical (unpaired) electrons. The average Bonchev–Trinajstić information content (AvgIpc) is 2.28. The Kier molecular flexibility index (Phi) is 4.78. The van der Waals surface area contributed by atoms with E-state index < -0.39 is 11.4 Å². The summed E-state index contributed by atoms with van der Waals surface area (Å²) in [4.78, 5) is 13.7. The van der Waals surface area contributed by atoms with Crippen LogP contribution in [-0.2, 0) is 4.79 Å². The maximum atomic E-state index is 11.4. The molecule has 0 atom stereocenters. The van der Waals surface area contributed by atoms with E-state index in [9.17, 15) is 9.90 Å². The largest absolute Gasteiger partial charge is 0.481 e. The smallest absolute Gasteiger partial charge is 0.310 e. The van der Waals surface area contributed by atoms with Crippen LogP contribution in [0.15, 0.2) is 0 Å². The van der Waals surface area contributed by atoms with E-state index in [-0.39, 0.29) is 0 Å². The zero-order valence-electron chi connectivity index (χ0n) is 10.8. The fourth-order valence-electron chi connectivity index (χ4n) is 2.49. The highest BCUT2D eigenvalue weighted by atomic mass is 16.4. The Hall–Kier alpha value is -0.570. The molecule has 0 unspecified atom stereocenters. The number of nitrogens with zero attached hydrogens (tertiary/aromatic N) is 1. The molecular formula is C13H25NO2. The predicted molar refractivity (Wildman–Crippen MR) is 65.5 cm³/mol. The molecule has 3 heteroatoms. The molecule has 0 aromatic rings. The summed E-state index contributed by atoms with van der Waals surface area (Å²) >= 11 is 0. The van der Waals surface area contributed by atoms with Gasteiger partial charge in [-0.25, -0.2) is 0 Å². The lowest BCUT2D eigenvalue weighted by molar-refractivity contribution is -0.151. The van der Waals surface area contributed by atoms with E-state index in [1.165, 1.54) is 12.8 Å². The lowest BCUT2D eigenvalue weighted by atomic mass is 9.81. The highest BCUT2D eigenvalue weighted by Gasteiger charge is 2.37. The van der Waals surface area contributed by atoms with Gasteiger partial charge >= 0.3 is 5.97 Å². The second kappa shape index (κ2) is 5.67. The van der Waals surface area contributed by atoms with E-state index in [4.69, 9.17) is 0 Å². The summed E-state index contributed by atoms with van der Waals surface area (Å²) in [7, 11) is 0. The van der Waals surface area contributed by atoms with E-state index in [0.29, 0.717) is 0 Å². The summed E-state index contributed by atoms with van der Waals surface area (Å²) < 4.78 is 0. The van der Waals surface area contributed by atoms with Crippen LogP contribution in [0.2, 0.25) is 0 Å². The third-order valence-electron chi connectivity index (χ3n) is 4.21. The average molecular weight is 227 g/mol. The zero-order valence-corrected chi connectivity index (χ0v) is 10.8. The van der Waals surface area contributed by atoms with Crippen LogP contribution in [0.3, 0.4) is 0 Å². The van der Waals surface area contributed by atoms with Crippen molar-refractivity contribution in [1.82, 2.24) is 4.90 Å². The van der Waals surface area contributed by atoms with Crippen molar-refractivity contribution in [2.75, 3.05) is 19.6 Å². The van der Waals surface area contributed by atoms with E-state index in [2.05, 4.69) is 11.8 Å². The van der Waals surface area contributed by atoms with Gasteiger partial charge in [0, 0.05) is 6.54 Å². The first-order valence-electron chi connectivity index (χ1n) is 6.50. The maximum Gasteiger partial charge on any atom is 0.310 e. The summed E-state index contributed by atoms with van der Waals surface area (Å²) in [6.45, 7) is 9.12. The van der Waals surface area contributed by atoms with Crippen LogP contribution in [0.25, 0.3) is 0 Å². The number of hydrogen-bond acceptors (Lipinski definition) is 2. The molecule has 1 fully saturated rings. The molecule has 16 heavy (non-hydrogen) atoms. The maximum absolute atomic E-state index is 11.4. The molecule has 1 rings (SSSR count). The molecule has 0 aromatic carbocycles. The Bertz CT molecular complexity index is 228. The Morgan fingerprint density at radius 2 is 1.81 bits per heavy atom. The molecule has 1 aliphatic heterocycles. The van der Waals surface area contributed by atoms with Crippen molar-refractivity contribution in [3.05, 3.63) is 0 Å². The van der Waals surface area contributed by atoms with Gasteiger partial charge in [-0.3, -0.25) is 4.79 Å². The predicted octanol–water partition coefficient (Wildman–Crippen LogP) is 2.61. The van der Waals surface area contributed by atoms with Crippen molar-refractivity contribution in [3.8, 4) is 0 Å². The summed E-state index contributed by atoms with van der Waals surface area (Å²) in [5, 5.41) is 9.38. The molecule has 0 saturated carbocycles. The summed E-state index contributed by atoms with van der Waals surface area (Å²) in [6.07, 6.45) is 3.88. The standard InChI is InChI=1S/C13H25NO2/c1-4-13(5-2,12(15)16)10-14-8-6-11(3)7-9-14/h11H,4-10H2,1-3H3,(H,15,16). The number of piperidine rings is 1. The van der Waals surface area contributed by atoms with Gasteiger partial charge in [0.05, 0.1) is 5.41 Å². The molecule has 1 heterocycles. The topological polar surface area (TPSA) is 40.5 Å². The van der Waals surface area contributed by atoms with Crippen molar-refractivity contribution in [1.29, 1.82) is 0 Å². The number of carbonyl (C=O) groups is 1. The third-order valence-corrected chi connectivity index (χ3v) is 4.21. The van der Waals surface area contributed by atoms with Gasteiger partial charge in [-0.1, -0.05) is 20.8 Å². The molecule has 1 aliphatic rings. The molecule has 0 spiro atoms. The van der Waals surface area contributed by atoms with Crippen molar-refractivity contribution < 1.29 is 9.90 Å². The summed E-state index contributed by atoms with van der Waals surface area (Å²) in [5.74, 6) is 0.176. The van der Waals surface area contributed by atoms with E-state index in [1.807, 2.05) is 13.8 Å². The fourth-order valence-corrected chi connectivity index (χ4v) is 2.49. The molecule has 0 bridgehead atoms. The third kappa shape index (κ3) is 2.97. The van der Waals surface area contributed by atoms with Gasteiger partial charge in [-0.2, -0.15) is 0 Å². The number of hydrogen-bond donors (Lipinski definition) is 1. The molecule has 0 amide bonds. The van der Waals surface area contributed by atoms with Crippen LogP contribution in [0.1, 0.15) is 46.5 Å². The Morgan fingerprint density at radius 1 is 1.31 bits per heavy atom. The van der Waals surface area contributed by atoms with Crippen LogP contribution in [-0.4, -0.2) is 35.6 Å². The molecular weight excluding hydrogens is 202 g/mol. The Balaban J connectivity index is 2.58. The highest BCUT2D eigenvalue weighted by Crippen LogP contribution is 2.29. The van der Waals surface area contributed by atoms with Gasteiger partial charge in [-0.15, -0.1) is 0 Å². The molecule has 1 N–H and O–H groups in total. The van der Waals surface area contributed by atoms with Crippen LogP contribution in [0.4, 0.5) is 0 Å². The minimum Gasteiger partial charge on any atom is -0.481 e. The first-order chi connectivity index (χ1) is 7.54. The van der Waals surface area contributed by atoms with Crippen molar-refractivity contribution in [3.63, 3.8) is 0 Å². The Morgan fingerprint density at radius 3 is 2.19 bits per heavy atom. The van der Waals surface area contributed by atoms with Crippen molar-refractivity contribution in [2.45, 2.75) is 46.5 Å². The molecule has 0 aliphatic carbocycles. The number of carboxylic acid groups (broad SMARTS) is 1. The highest BCUT2D eigenvalue weighted by molar-refractivity contribution is 5.74. The first kappa shape index (κ1) is 13.5.